The Balaban J connectivity index is 1.73. The molecule has 0 bridgehead atoms. The van der Waals surface area contributed by atoms with Gasteiger partial charge in [0.2, 0.25) is 0 Å². The quantitative estimate of drug-likeness (QED) is 0.679. The SMILES string of the molecule is CCCCCCCCC1COC(c2ccc(O)c(OC)c2)O1. The Labute approximate surface area is 133 Å². The summed E-state index contributed by atoms with van der Waals surface area (Å²) < 4.78 is 16.8. The van der Waals surface area contributed by atoms with E-state index in [1.165, 1.54) is 45.6 Å². The Hall–Kier alpha value is -1.26. The van der Waals surface area contributed by atoms with Crippen LogP contribution in [0.15, 0.2) is 18.2 Å². The lowest BCUT2D eigenvalue weighted by Gasteiger charge is -2.13. The van der Waals surface area contributed by atoms with Gasteiger partial charge in [0.15, 0.2) is 17.8 Å². The van der Waals surface area contributed by atoms with Crippen LogP contribution in [0.25, 0.3) is 0 Å². The molecule has 4 nitrogen and oxygen atoms in total. The molecule has 1 aromatic rings. The topological polar surface area (TPSA) is 47.9 Å². The Morgan fingerprint density at radius 2 is 1.95 bits per heavy atom. The molecule has 2 atom stereocenters. The summed E-state index contributed by atoms with van der Waals surface area (Å²) in [6, 6.07) is 5.20. The average molecular weight is 308 g/mol. The lowest BCUT2D eigenvalue weighted by molar-refractivity contribution is -0.0615. The maximum atomic E-state index is 9.63. The number of ether oxygens (including phenoxy) is 3. The number of benzene rings is 1. The van der Waals surface area contributed by atoms with Gasteiger partial charge in [0, 0.05) is 5.56 Å². The Bertz CT molecular complexity index is 447. The molecule has 0 aliphatic carbocycles. The minimum Gasteiger partial charge on any atom is -0.504 e. The molecule has 0 radical (unpaired) electrons. The molecule has 0 amide bonds. The number of rotatable bonds is 9. The molecular formula is C18H28O4. The second kappa shape index (κ2) is 9.01. The molecule has 1 fully saturated rings. The highest BCUT2D eigenvalue weighted by Crippen LogP contribution is 2.34. The summed E-state index contributed by atoms with van der Waals surface area (Å²) in [4.78, 5) is 0. The molecule has 0 aromatic heterocycles. The van der Waals surface area contributed by atoms with Crippen molar-refractivity contribution in [3.05, 3.63) is 23.8 Å². The standard InChI is InChI=1S/C18H28O4/c1-3-4-5-6-7-8-9-15-13-21-18(22-15)14-10-11-16(19)17(12-14)20-2/h10-12,15,18-19H,3-9,13H2,1-2H3. The van der Waals surface area contributed by atoms with Gasteiger partial charge in [-0.15, -0.1) is 0 Å². The minimum absolute atomic E-state index is 0.132. The predicted molar refractivity (Wildman–Crippen MR) is 86.2 cm³/mol. The maximum absolute atomic E-state index is 9.63. The summed E-state index contributed by atoms with van der Waals surface area (Å²) >= 11 is 0. The van der Waals surface area contributed by atoms with Gasteiger partial charge >= 0.3 is 0 Å². The normalized spacial score (nSPS) is 21.2. The zero-order chi connectivity index (χ0) is 15.8. The molecule has 1 N–H and O–H groups in total. The molecule has 1 saturated heterocycles. The fourth-order valence-electron chi connectivity index (χ4n) is 2.77. The van der Waals surface area contributed by atoms with E-state index in [9.17, 15) is 5.11 Å². The fourth-order valence-corrected chi connectivity index (χ4v) is 2.77. The summed E-state index contributed by atoms with van der Waals surface area (Å²) in [5.41, 5.74) is 0.889. The average Bonchev–Trinajstić information content (AvgIpc) is 3.00. The van der Waals surface area contributed by atoms with Gasteiger partial charge in [-0.3, -0.25) is 0 Å². The molecule has 4 heteroatoms. The lowest BCUT2D eigenvalue weighted by Crippen LogP contribution is -2.09. The summed E-state index contributed by atoms with van der Waals surface area (Å²) in [5.74, 6) is 0.581. The van der Waals surface area contributed by atoms with E-state index in [0.717, 1.165) is 12.0 Å². The number of hydrogen-bond donors (Lipinski definition) is 1. The van der Waals surface area contributed by atoms with Crippen LogP contribution in [0.2, 0.25) is 0 Å². The van der Waals surface area contributed by atoms with E-state index >= 15 is 0 Å². The number of unbranched alkanes of at least 4 members (excludes halogenated alkanes) is 5. The third-order valence-corrected chi connectivity index (χ3v) is 4.11. The Kier molecular flexibility index (Phi) is 7.00. The molecule has 22 heavy (non-hydrogen) atoms. The molecule has 1 aromatic carbocycles. The molecule has 124 valence electrons. The number of phenolic OH excluding ortho intramolecular Hbond substituents is 1. The van der Waals surface area contributed by atoms with Crippen LogP contribution in [-0.2, 0) is 9.47 Å². The molecule has 0 spiro atoms. The van der Waals surface area contributed by atoms with Gasteiger partial charge in [-0.2, -0.15) is 0 Å². The molecule has 2 unspecified atom stereocenters. The van der Waals surface area contributed by atoms with E-state index in [0.29, 0.717) is 12.4 Å². The van der Waals surface area contributed by atoms with Crippen LogP contribution in [0.1, 0.15) is 63.7 Å². The lowest BCUT2D eigenvalue weighted by atomic mass is 10.1. The summed E-state index contributed by atoms with van der Waals surface area (Å²) in [6.07, 6.45) is 8.65. The van der Waals surface area contributed by atoms with E-state index in [1.807, 2.05) is 6.07 Å². The second-order valence-corrected chi connectivity index (χ2v) is 5.91. The van der Waals surface area contributed by atoms with E-state index in [4.69, 9.17) is 14.2 Å². The first-order valence-electron chi connectivity index (χ1n) is 8.38. The highest BCUT2D eigenvalue weighted by molar-refractivity contribution is 5.42. The maximum Gasteiger partial charge on any atom is 0.184 e. The highest BCUT2D eigenvalue weighted by atomic mass is 16.7. The van der Waals surface area contributed by atoms with E-state index < -0.39 is 0 Å². The Morgan fingerprint density at radius 1 is 1.18 bits per heavy atom. The van der Waals surface area contributed by atoms with E-state index in [1.54, 1.807) is 12.1 Å². The van der Waals surface area contributed by atoms with Gasteiger partial charge in [0.25, 0.3) is 0 Å². The molecular weight excluding hydrogens is 280 g/mol. The highest BCUT2D eigenvalue weighted by Gasteiger charge is 2.27. The summed E-state index contributed by atoms with van der Waals surface area (Å²) in [5, 5.41) is 9.63. The van der Waals surface area contributed by atoms with Crippen LogP contribution in [-0.4, -0.2) is 24.9 Å². The largest absolute Gasteiger partial charge is 0.504 e. The third-order valence-electron chi connectivity index (χ3n) is 4.11. The summed E-state index contributed by atoms with van der Waals surface area (Å²) in [7, 11) is 1.54. The van der Waals surface area contributed by atoms with Crippen molar-refractivity contribution in [2.75, 3.05) is 13.7 Å². The molecule has 1 heterocycles. The van der Waals surface area contributed by atoms with Gasteiger partial charge in [-0.05, 0) is 18.6 Å². The van der Waals surface area contributed by atoms with Crippen LogP contribution >= 0.6 is 0 Å². The van der Waals surface area contributed by atoms with Crippen LogP contribution in [0.5, 0.6) is 11.5 Å². The van der Waals surface area contributed by atoms with Crippen LogP contribution in [0.4, 0.5) is 0 Å². The molecule has 0 saturated carbocycles. The first-order valence-corrected chi connectivity index (χ1v) is 8.38. The van der Waals surface area contributed by atoms with Crippen molar-refractivity contribution in [1.82, 2.24) is 0 Å². The third kappa shape index (κ3) is 4.89. The summed E-state index contributed by atoms with van der Waals surface area (Å²) in [6.45, 7) is 2.88. The van der Waals surface area contributed by atoms with Crippen molar-refractivity contribution >= 4 is 0 Å². The number of hydrogen-bond acceptors (Lipinski definition) is 4. The van der Waals surface area contributed by atoms with Crippen LogP contribution in [0.3, 0.4) is 0 Å². The van der Waals surface area contributed by atoms with Crippen molar-refractivity contribution in [2.24, 2.45) is 0 Å². The van der Waals surface area contributed by atoms with Crippen LogP contribution < -0.4 is 4.74 Å². The van der Waals surface area contributed by atoms with Crippen molar-refractivity contribution in [2.45, 2.75) is 64.3 Å². The van der Waals surface area contributed by atoms with Crippen molar-refractivity contribution < 1.29 is 19.3 Å². The molecule has 1 aliphatic heterocycles. The molecule has 2 rings (SSSR count). The number of phenols is 1. The van der Waals surface area contributed by atoms with Crippen LogP contribution in [0, 0.1) is 0 Å². The number of methoxy groups -OCH3 is 1. The monoisotopic (exact) mass is 308 g/mol. The first kappa shape index (κ1) is 17.1. The Morgan fingerprint density at radius 3 is 2.73 bits per heavy atom. The van der Waals surface area contributed by atoms with Gasteiger partial charge in [0.05, 0.1) is 19.8 Å². The first-order chi connectivity index (χ1) is 10.7. The zero-order valence-corrected chi connectivity index (χ0v) is 13.7. The van der Waals surface area contributed by atoms with Crippen molar-refractivity contribution in [3.63, 3.8) is 0 Å². The predicted octanol–water partition coefficient (Wildman–Crippen LogP) is 4.57. The second-order valence-electron chi connectivity index (χ2n) is 5.91. The minimum atomic E-state index is -0.348. The zero-order valence-electron chi connectivity index (χ0n) is 13.7. The smallest absolute Gasteiger partial charge is 0.184 e. The van der Waals surface area contributed by atoms with Gasteiger partial charge in [-0.1, -0.05) is 51.5 Å². The van der Waals surface area contributed by atoms with E-state index in [2.05, 4.69) is 6.92 Å². The van der Waals surface area contributed by atoms with Gasteiger partial charge < -0.3 is 19.3 Å². The van der Waals surface area contributed by atoms with Crippen molar-refractivity contribution in [3.8, 4) is 11.5 Å². The van der Waals surface area contributed by atoms with Gasteiger partial charge in [-0.25, -0.2) is 0 Å². The number of aromatic hydroxyl groups is 1. The van der Waals surface area contributed by atoms with Gasteiger partial charge in [0.1, 0.15) is 0 Å². The fraction of sp³-hybridized carbons (Fsp3) is 0.667. The van der Waals surface area contributed by atoms with Crippen molar-refractivity contribution in [1.29, 1.82) is 0 Å². The molecule has 1 aliphatic rings. The van der Waals surface area contributed by atoms with E-state index in [-0.39, 0.29) is 18.1 Å².